The van der Waals surface area contributed by atoms with Crippen LogP contribution < -0.4 is 11.1 Å². The standard InChI is InChI=1S/C21H25N5O4/c1-24-17-12-16(4-5-18(17)30-21(24)29)20(28)26-8-2-3-15(13-26)11-19(27)23-7-10-25-9-6-22-14-25/h4-6,9,12,14-15H,2-3,7-8,10-11,13H2,1H3,(H,23,27)/t15-/m1/s1. The van der Waals surface area contributed by atoms with E-state index < -0.39 is 5.76 Å². The van der Waals surface area contributed by atoms with Crippen molar-refractivity contribution in [1.29, 1.82) is 0 Å². The van der Waals surface area contributed by atoms with Crippen LogP contribution in [0, 0.1) is 5.92 Å². The molecule has 30 heavy (non-hydrogen) atoms. The van der Waals surface area contributed by atoms with Gasteiger partial charge < -0.3 is 19.2 Å². The molecule has 1 aliphatic heterocycles. The van der Waals surface area contributed by atoms with Gasteiger partial charge in [0.25, 0.3) is 5.91 Å². The Bertz CT molecular complexity index is 1100. The third kappa shape index (κ3) is 4.29. The number of fused-ring (bicyclic) bond motifs is 1. The summed E-state index contributed by atoms with van der Waals surface area (Å²) in [4.78, 5) is 42.7. The summed E-state index contributed by atoms with van der Waals surface area (Å²) in [5.74, 6) is -0.398. The van der Waals surface area contributed by atoms with Crippen LogP contribution in [0.1, 0.15) is 29.6 Å². The fourth-order valence-electron chi connectivity index (χ4n) is 3.94. The average Bonchev–Trinajstić information content (AvgIpc) is 3.36. The molecule has 1 aliphatic rings. The molecule has 1 N–H and O–H groups in total. The number of aryl methyl sites for hydroxylation is 1. The second kappa shape index (κ2) is 8.56. The van der Waals surface area contributed by atoms with Crippen molar-refractivity contribution in [2.45, 2.75) is 25.8 Å². The summed E-state index contributed by atoms with van der Waals surface area (Å²) in [6, 6.07) is 5.02. The number of nitrogens with zero attached hydrogens (tertiary/aromatic N) is 4. The molecule has 3 heterocycles. The molecular formula is C21H25N5O4. The van der Waals surface area contributed by atoms with Crippen LogP contribution in [-0.2, 0) is 18.4 Å². The zero-order chi connectivity index (χ0) is 21.1. The lowest BCUT2D eigenvalue weighted by Crippen LogP contribution is -2.41. The molecule has 158 valence electrons. The Morgan fingerprint density at radius 3 is 3.00 bits per heavy atom. The Morgan fingerprint density at radius 1 is 1.33 bits per heavy atom. The fraction of sp³-hybridized carbons (Fsp3) is 0.429. The Kier molecular flexibility index (Phi) is 5.69. The van der Waals surface area contributed by atoms with E-state index in [1.165, 1.54) is 4.57 Å². The van der Waals surface area contributed by atoms with Crippen molar-refractivity contribution in [3.8, 4) is 0 Å². The van der Waals surface area contributed by atoms with Crippen molar-refractivity contribution in [3.05, 3.63) is 53.0 Å². The quantitative estimate of drug-likeness (QED) is 0.660. The van der Waals surface area contributed by atoms with Gasteiger partial charge in [0, 0.05) is 57.6 Å². The predicted molar refractivity (Wildman–Crippen MR) is 110 cm³/mol. The van der Waals surface area contributed by atoms with Crippen molar-refractivity contribution in [2.24, 2.45) is 13.0 Å². The van der Waals surface area contributed by atoms with Crippen LogP contribution in [0.3, 0.4) is 0 Å². The van der Waals surface area contributed by atoms with Gasteiger partial charge >= 0.3 is 5.76 Å². The Morgan fingerprint density at radius 2 is 2.20 bits per heavy atom. The molecule has 0 spiro atoms. The molecule has 2 aromatic heterocycles. The third-order valence-corrected chi connectivity index (χ3v) is 5.57. The first-order valence-corrected chi connectivity index (χ1v) is 10.1. The van der Waals surface area contributed by atoms with E-state index in [1.807, 2.05) is 10.8 Å². The maximum Gasteiger partial charge on any atom is 0.419 e. The van der Waals surface area contributed by atoms with Crippen LogP contribution in [0.4, 0.5) is 0 Å². The number of likely N-dealkylation sites (tertiary alicyclic amines) is 1. The summed E-state index contributed by atoms with van der Waals surface area (Å²) in [6.07, 6.45) is 7.48. The van der Waals surface area contributed by atoms with Crippen molar-refractivity contribution in [2.75, 3.05) is 19.6 Å². The highest BCUT2D eigenvalue weighted by atomic mass is 16.4. The van der Waals surface area contributed by atoms with Crippen molar-refractivity contribution < 1.29 is 14.0 Å². The van der Waals surface area contributed by atoms with E-state index in [1.54, 1.807) is 42.7 Å². The number of oxazole rings is 1. The van der Waals surface area contributed by atoms with Gasteiger partial charge in [-0.3, -0.25) is 14.2 Å². The molecule has 0 radical (unpaired) electrons. The van der Waals surface area contributed by atoms with Crippen LogP contribution in [-0.4, -0.2) is 50.5 Å². The number of benzene rings is 1. The summed E-state index contributed by atoms with van der Waals surface area (Å²) in [7, 11) is 1.62. The van der Waals surface area contributed by atoms with Gasteiger partial charge in [0.1, 0.15) is 0 Å². The van der Waals surface area contributed by atoms with Gasteiger partial charge in [-0.05, 0) is 37.0 Å². The summed E-state index contributed by atoms with van der Waals surface area (Å²) in [6.45, 7) is 2.45. The summed E-state index contributed by atoms with van der Waals surface area (Å²) in [5.41, 5.74) is 1.57. The lowest BCUT2D eigenvalue weighted by molar-refractivity contribution is -0.122. The van der Waals surface area contributed by atoms with Gasteiger partial charge in [0.2, 0.25) is 5.91 Å². The van der Waals surface area contributed by atoms with Crippen LogP contribution in [0.2, 0.25) is 0 Å². The van der Waals surface area contributed by atoms with Gasteiger partial charge in [0.15, 0.2) is 5.58 Å². The largest absolute Gasteiger partial charge is 0.419 e. The Balaban J connectivity index is 1.34. The molecule has 0 saturated carbocycles. The Hall–Kier alpha value is -3.36. The number of hydrogen-bond acceptors (Lipinski definition) is 5. The smallest absolute Gasteiger partial charge is 0.408 e. The average molecular weight is 411 g/mol. The highest BCUT2D eigenvalue weighted by Gasteiger charge is 2.26. The molecule has 2 amide bonds. The van der Waals surface area contributed by atoms with Gasteiger partial charge in [-0.2, -0.15) is 0 Å². The second-order valence-corrected chi connectivity index (χ2v) is 7.72. The number of rotatable bonds is 6. The van der Waals surface area contributed by atoms with Crippen LogP contribution in [0.5, 0.6) is 0 Å². The first kappa shape index (κ1) is 19.9. The lowest BCUT2D eigenvalue weighted by Gasteiger charge is -2.32. The predicted octanol–water partition coefficient (Wildman–Crippen LogP) is 1.39. The third-order valence-electron chi connectivity index (χ3n) is 5.57. The molecule has 0 unspecified atom stereocenters. The van der Waals surface area contributed by atoms with Gasteiger partial charge in [0.05, 0.1) is 11.8 Å². The van der Waals surface area contributed by atoms with E-state index in [9.17, 15) is 14.4 Å². The molecule has 1 atom stereocenters. The SMILES string of the molecule is Cn1c(=O)oc2ccc(C(=O)N3CCC[C@H](CC(=O)NCCn4ccnc4)C3)cc21. The summed E-state index contributed by atoms with van der Waals surface area (Å²) in [5, 5.41) is 2.94. The van der Waals surface area contributed by atoms with E-state index in [-0.39, 0.29) is 17.7 Å². The number of imidazole rings is 1. The maximum atomic E-state index is 13.0. The molecule has 1 fully saturated rings. The molecule has 1 aromatic carbocycles. The minimum Gasteiger partial charge on any atom is -0.408 e. The topological polar surface area (TPSA) is 102 Å². The minimum atomic E-state index is -0.452. The monoisotopic (exact) mass is 411 g/mol. The highest BCUT2D eigenvalue weighted by molar-refractivity contribution is 5.97. The van der Waals surface area contributed by atoms with Crippen molar-refractivity contribution >= 4 is 22.9 Å². The molecule has 9 nitrogen and oxygen atoms in total. The van der Waals surface area contributed by atoms with E-state index in [2.05, 4.69) is 10.3 Å². The number of nitrogens with one attached hydrogen (secondary N) is 1. The number of carbonyl (C=O) groups is 2. The maximum absolute atomic E-state index is 13.0. The molecule has 4 rings (SSSR count). The number of piperidine rings is 1. The fourth-order valence-corrected chi connectivity index (χ4v) is 3.94. The van der Waals surface area contributed by atoms with Crippen LogP contribution in [0.25, 0.3) is 11.1 Å². The zero-order valence-electron chi connectivity index (χ0n) is 16.9. The van der Waals surface area contributed by atoms with Crippen LogP contribution >= 0.6 is 0 Å². The van der Waals surface area contributed by atoms with Crippen molar-refractivity contribution in [1.82, 2.24) is 24.3 Å². The second-order valence-electron chi connectivity index (χ2n) is 7.72. The lowest BCUT2D eigenvalue weighted by atomic mass is 9.94. The first-order chi connectivity index (χ1) is 14.5. The zero-order valence-corrected chi connectivity index (χ0v) is 16.9. The molecular weight excluding hydrogens is 386 g/mol. The number of carbonyl (C=O) groups excluding carboxylic acids is 2. The van der Waals surface area contributed by atoms with Gasteiger partial charge in [-0.1, -0.05) is 0 Å². The molecule has 3 aromatic rings. The number of hydrogen-bond donors (Lipinski definition) is 1. The molecule has 0 aliphatic carbocycles. The normalized spacial score (nSPS) is 16.7. The first-order valence-electron chi connectivity index (χ1n) is 10.1. The van der Waals surface area contributed by atoms with E-state index >= 15 is 0 Å². The summed E-state index contributed by atoms with van der Waals surface area (Å²) >= 11 is 0. The van der Waals surface area contributed by atoms with Crippen molar-refractivity contribution in [3.63, 3.8) is 0 Å². The molecule has 0 bridgehead atoms. The van der Waals surface area contributed by atoms with E-state index in [0.717, 1.165) is 12.8 Å². The number of aromatic nitrogens is 3. The van der Waals surface area contributed by atoms with Gasteiger partial charge in [-0.15, -0.1) is 0 Å². The van der Waals surface area contributed by atoms with E-state index in [0.29, 0.717) is 49.3 Å². The van der Waals surface area contributed by atoms with Gasteiger partial charge in [-0.25, -0.2) is 9.78 Å². The van der Waals surface area contributed by atoms with E-state index in [4.69, 9.17) is 4.42 Å². The number of amides is 2. The van der Waals surface area contributed by atoms with Crippen LogP contribution in [0.15, 0.2) is 46.1 Å². The molecule has 9 heteroatoms. The Labute approximate surface area is 173 Å². The minimum absolute atomic E-state index is 0.00392. The summed E-state index contributed by atoms with van der Waals surface area (Å²) < 4.78 is 8.43. The molecule has 1 saturated heterocycles. The highest BCUT2D eigenvalue weighted by Crippen LogP contribution is 2.22.